The molecule has 1 N–H and O–H groups in total. The van der Waals surface area contributed by atoms with Crippen LogP contribution in [0.1, 0.15) is 36.9 Å². The highest BCUT2D eigenvalue weighted by Crippen LogP contribution is 2.23. The van der Waals surface area contributed by atoms with Crippen LogP contribution < -0.4 is 5.32 Å². The van der Waals surface area contributed by atoms with Crippen molar-refractivity contribution in [2.75, 3.05) is 31.5 Å². The van der Waals surface area contributed by atoms with Crippen LogP contribution in [0.5, 0.6) is 0 Å². The molecule has 7 heteroatoms. The zero-order valence-corrected chi connectivity index (χ0v) is 17.1. The maximum absolute atomic E-state index is 13.0. The van der Waals surface area contributed by atoms with Crippen molar-refractivity contribution in [3.63, 3.8) is 0 Å². The van der Waals surface area contributed by atoms with E-state index in [4.69, 9.17) is 4.42 Å². The molecule has 0 atom stereocenters. The normalized spacial score (nSPS) is 14.6. The van der Waals surface area contributed by atoms with E-state index in [1.807, 2.05) is 24.3 Å². The summed E-state index contributed by atoms with van der Waals surface area (Å²) in [6, 6.07) is 10.9. The number of nitrogens with one attached hydrogen (secondary N) is 1. The van der Waals surface area contributed by atoms with E-state index in [1.165, 1.54) is 11.8 Å². The van der Waals surface area contributed by atoms with Gasteiger partial charge < -0.3 is 19.5 Å². The number of furan rings is 1. The van der Waals surface area contributed by atoms with Crippen molar-refractivity contribution in [2.45, 2.75) is 27.2 Å². The molecule has 0 radical (unpaired) electrons. The highest BCUT2D eigenvalue weighted by Gasteiger charge is 2.40. The first-order chi connectivity index (χ1) is 13.8. The third-order valence-corrected chi connectivity index (χ3v) is 5.31. The molecule has 3 rings (SSSR count). The van der Waals surface area contributed by atoms with E-state index in [-0.39, 0.29) is 17.7 Å². The van der Waals surface area contributed by atoms with Crippen LogP contribution in [-0.2, 0) is 16.0 Å². The van der Waals surface area contributed by atoms with Crippen molar-refractivity contribution in [3.8, 4) is 0 Å². The molecule has 1 aliphatic rings. The molecule has 1 fully saturated rings. The second-order valence-corrected chi connectivity index (χ2v) is 7.69. The zero-order chi connectivity index (χ0) is 21.0. The van der Waals surface area contributed by atoms with Crippen LogP contribution in [0.4, 0.5) is 5.69 Å². The SMILES string of the molecule is CCc1ccc(NC(=O)C(C)(C)C(=O)N2CCN(C(=O)c3ccco3)CC2)cc1. The minimum atomic E-state index is -1.21. The number of rotatable bonds is 5. The Labute approximate surface area is 170 Å². The first-order valence-electron chi connectivity index (χ1n) is 9.85. The molecule has 1 aliphatic heterocycles. The number of hydrogen-bond donors (Lipinski definition) is 1. The van der Waals surface area contributed by atoms with Gasteiger partial charge in [0.15, 0.2) is 5.76 Å². The predicted octanol–water partition coefficient (Wildman–Crippen LogP) is 2.79. The van der Waals surface area contributed by atoms with Crippen molar-refractivity contribution in [1.29, 1.82) is 0 Å². The monoisotopic (exact) mass is 397 g/mol. The molecular weight excluding hydrogens is 370 g/mol. The molecule has 0 saturated carbocycles. The summed E-state index contributed by atoms with van der Waals surface area (Å²) in [6.45, 7) is 6.90. The first-order valence-corrected chi connectivity index (χ1v) is 9.85. The fraction of sp³-hybridized carbons (Fsp3) is 0.409. The summed E-state index contributed by atoms with van der Waals surface area (Å²) in [4.78, 5) is 41.4. The lowest BCUT2D eigenvalue weighted by Gasteiger charge is -2.37. The van der Waals surface area contributed by atoms with Gasteiger partial charge in [0.1, 0.15) is 5.41 Å². The van der Waals surface area contributed by atoms with E-state index in [2.05, 4.69) is 12.2 Å². The second kappa shape index (κ2) is 8.51. The molecule has 7 nitrogen and oxygen atoms in total. The molecule has 1 aromatic carbocycles. The number of hydrogen-bond acceptors (Lipinski definition) is 4. The highest BCUT2D eigenvalue weighted by atomic mass is 16.3. The summed E-state index contributed by atoms with van der Waals surface area (Å²) in [5, 5.41) is 2.84. The van der Waals surface area contributed by atoms with E-state index < -0.39 is 5.41 Å². The maximum atomic E-state index is 13.0. The molecular formula is C22H27N3O4. The Bertz CT molecular complexity index is 864. The topological polar surface area (TPSA) is 82.9 Å². The number of aryl methyl sites for hydroxylation is 1. The number of carbonyl (C=O) groups excluding carboxylic acids is 3. The second-order valence-electron chi connectivity index (χ2n) is 7.69. The molecule has 0 bridgehead atoms. The lowest BCUT2D eigenvalue weighted by atomic mass is 9.89. The molecule has 2 aromatic rings. The van der Waals surface area contributed by atoms with Gasteiger partial charge >= 0.3 is 0 Å². The van der Waals surface area contributed by atoms with Crippen LogP contribution in [0.2, 0.25) is 0 Å². The predicted molar refractivity (Wildman–Crippen MR) is 109 cm³/mol. The quantitative estimate of drug-likeness (QED) is 0.787. The fourth-order valence-electron chi connectivity index (χ4n) is 3.27. The smallest absolute Gasteiger partial charge is 0.289 e. The Morgan fingerprint density at radius 1 is 1.00 bits per heavy atom. The summed E-state index contributed by atoms with van der Waals surface area (Å²) in [7, 11) is 0. The van der Waals surface area contributed by atoms with Gasteiger partial charge in [0.2, 0.25) is 11.8 Å². The van der Waals surface area contributed by atoms with Crippen LogP contribution >= 0.6 is 0 Å². The van der Waals surface area contributed by atoms with E-state index >= 15 is 0 Å². The Morgan fingerprint density at radius 2 is 1.62 bits per heavy atom. The molecule has 0 aliphatic carbocycles. The average Bonchev–Trinajstić information content (AvgIpc) is 3.28. The highest BCUT2D eigenvalue weighted by molar-refractivity contribution is 6.09. The summed E-state index contributed by atoms with van der Waals surface area (Å²) in [6.07, 6.45) is 2.39. The van der Waals surface area contributed by atoms with Crippen molar-refractivity contribution in [1.82, 2.24) is 9.80 Å². The van der Waals surface area contributed by atoms with E-state index in [9.17, 15) is 14.4 Å². The largest absolute Gasteiger partial charge is 0.459 e. The van der Waals surface area contributed by atoms with E-state index in [1.54, 1.807) is 35.8 Å². The summed E-state index contributed by atoms with van der Waals surface area (Å²) in [5.41, 5.74) is 0.638. The number of anilines is 1. The minimum Gasteiger partial charge on any atom is -0.459 e. The van der Waals surface area contributed by atoms with E-state index in [0.717, 1.165) is 6.42 Å². The number of nitrogens with zero attached hydrogens (tertiary/aromatic N) is 2. The third-order valence-electron chi connectivity index (χ3n) is 5.31. The summed E-state index contributed by atoms with van der Waals surface area (Å²) >= 11 is 0. The van der Waals surface area contributed by atoms with Crippen LogP contribution in [0, 0.1) is 5.41 Å². The van der Waals surface area contributed by atoms with Crippen molar-refractivity contribution in [2.24, 2.45) is 5.41 Å². The van der Waals surface area contributed by atoms with Gasteiger partial charge in [-0.3, -0.25) is 14.4 Å². The van der Waals surface area contributed by atoms with Crippen LogP contribution in [0.3, 0.4) is 0 Å². The van der Waals surface area contributed by atoms with Crippen LogP contribution in [-0.4, -0.2) is 53.7 Å². The van der Waals surface area contributed by atoms with Crippen LogP contribution in [0.25, 0.3) is 0 Å². The number of carbonyl (C=O) groups is 3. The van der Waals surface area contributed by atoms with Gasteiger partial charge in [0, 0.05) is 31.9 Å². The lowest BCUT2D eigenvalue weighted by molar-refractivity contribution is -0.147. The van der Waals surface area contributed by atoms with Gasteiger partial charge in [-0.25, -0.2) is 0 Å². The average molecular weight is 397 g/mol. The summed E-state index contributed by atoms with van der Waals surface area (Å²) in [5.74, 6) is -0.487. The fourth-order valence-corrected chi connectivity index (χ4v) is 3.27. The molecule has 2 heterocycles. The van der Waals surface area contributed by atoms with Gasteiger partial charge in [-0.2, -0.15) is 0 Å². The molecule has 3 amide bonds. The third kappa shape index (κ3) is 4.50. The lowest BCUT2D eigenvalue weighted by Crippen LogP contribution is -2.55. The molecule has 154 valence electrons. The molecule has 0 unspecified atom stereocenters. The van der Waals surface area contributed by atoms with Gasteiger partial charge in [-0.1, -0.05) is 19.1 Å². The van der Waals surface area contributed by atoms with Gasteiger partial charge in [0.25, 0.3) is 5.91 Å². The first kappa shape index (κ1) is 20.6. The van der Waals surface area contributed by atoms with Gasteiger partial charge in [-0.05, 0) is 50.1 Å². The van der Waals surface area contributed by atoms with Gasteiger partial charge in [-0.15, -0.1) is 0 Å². The maximum Gasteiger partial charge on any atom is 0.289 e. The van der Waals surface area contributed by atoms with Crippen LogP contribution in [0.15, 0.2) is 47.1 Å². The standard InChI is InChI=1S/C22H27N3O4/c1-4-16-7-9-17(10-8-16)23-20(27)22(2,3)21(28)25-13-11-24(12-14-25)19(26)18-6-5-15-29-18/h5-10,15H,4,11-14H2,1-3H3,(H,23,27). The number of benzene rings is 1. The summed E-state index contributed by atoms with van der Waals surface area (Å²) < 4.78 is 5.15. The Balaban J connectivity index is 1.58. The zero-order valence-electron chi connectivity index (χ0n) is 17.1. The molecule has 1 aromatic heterocycles. The van der Waals surface area contributed by atoms with Crippen molar-refractivity contribution in [3.05, 3.63) is 54.0 Å². The number of piperazine rings is 1. The Morgan fingerprint density at radius 3 is 2.17 bits per heavy atom. The Kier molecular flexibility index (Phi) is 6.06. The minimum absolute atomic E-state index is 0.186. The van der Waals surface area contributed by atoms with Crippen molar-refractivity contribution >= 4 is 23.4 Å². The van der Waals surface area contributed by atoms with E-state index in [0.29, 0.717) is 37.6 Å². The Hall–Kier alpha value is -3.09. The molecule has 1 saturated heterocycles. The number of amides is 3. The molecule has 0 spiro atoms. The molecule has 29 heavy (non-hydrogen) atoms. The van der Waals surface area contributed by atoms with Gasteiger partial charge in [0.05, 0.1) is 6.26 Å². The van der Waals surface area contributed by atoms with Crippen molar-refractivity contribution < 1.29 is 18.8 Å².